The van der Waals surface area contributed by atoms with Gasteiger partial charge in [-0.15, -0.1) is 0 Å². The molecule has 2 aliphatic rings. The van der Waals surface area contributed by atoms with Gasteiger partial charge < -0.3 is 0 Å². The van der Waals surface area contributed by atoms with Gasteiger partial charge in [-0.25, -0.2) is 0 Å². The molecule has 4 rings (SSSR count). The van der Waals surface area contributed by atoms with Crippen LogP contribution in [0, 0.1) is 0 Å². The summed E-state index contributed by atoms with van der Waals surface area (Å²) < 4.78 is 39.4. The number of Topliss-reactive ketones (excluding diaryl/α,β-unsaturated/α-hetero) is 1. The second kappa shape index (κ2) is 4.47. The van der Waals surface area contributed by atoms with Gasteiger partial charge in [-0.05, 0) is 47.7 Å². The Balaban J connectivity index is 2.05. The maximum Gasteiger partial charge on any atom is 0.416 e. The van der Waals surface area contributed by atoms with Crippen molar-refractivity contribution >= 4 is 5.78 Å². The molecule has 0 N–H and O–H groups in total. The standard InChI is InChI=1S/C19H15F3O/c1-18-15(8-9-17(18)23)13-5-3-2-4-12(13)14-7-6-11(10-16(14)18)19(20,21)22/h2-7,10,15H,8-9H2,1H3/t15-,18+/m1/s1. The summed E-state index contributed by atoms with van der Waals surface area (Å²) in [5, 5.41) is 0. The van der Waals surface area contributed by atoms with Gasteiger partial charge in [0, 0.05) is 12.3 Å². The third-order valence-corrected chi connectivity index (χ3v) is 5.47. The molecule has 2 atom stereocenters. The first-order valence-corrected chi connectivity index (χ1v) is 7.68. The van der Waals surface area contributed by atoms with Crippen molar-refractivity contribution in [2.75, 3.05) is 0 Å². The number of fused-ring (bicyclic) bond motifs is 6. The highest BCUT2D eigenvalue weighted by Crippen LogP contribution is 2.57. The SMILES string of the molecule is C[C@]12C(=O)CC[C@@H]1c1ccccc1-c1ccc(C(F)(F)F)cc12. The van der Waals surface area contributed by atoms with Crippen LogP contribution in [0.25, 0.3) is 11.1 Å². The summed E-state index contributed by atoms with van der Waals surface area (Å²) in [7, 11) is 0. The molecule has 2 aromatic rings. The first-order chi connectivity index (χ1) is 10.8. The van der Waals surface area contributed by atoms with Crippen LogP contribution in [0.2, 0.25) is 0 Å². The molecule has 118 valence electrons. The van der Waals surface area contributed by atoms with E-state index in [1.165, 1.54) is 12.1 Å². The highest BCUT2D eigenvalue weighted by atomic mass is 19.4. The predicted molar refractivity (Wildman–Crippen MR) is 81.2 cm³/mol. The molecule has 0 spiro atoms. The zero-order valence-electron chi connectivity index (χ0n) is 12.6. The van der Waals surface area contributed by atoms with Gasteiger partial charge in [-0.1, -0.05) is 30.3 Å². The molecule has 0 saturated heterocycles. The van der Waals surface area contributed by atoms with Crippen molar-refractivity contribution in [3.63, 3.8) is 0 Å². The number of halogens is 3. The van der Waals surface area contributed by atoms with Crippen molar-refractivity contribution < 1.29 is 18.0 Å². The lowest BCUT2D eigenvalue weighted by molar-refractivity contribution is -0.137. The summed E-state index contributed by atoms with van der Waals surface area (Å²) in [6.45, 7) is 1.81. The van der Waals surface area contributed by atoms with Gasteiger partial charge in [0.15, 0.2) is 0 Å². The van der Waals surface area contributed by atoms with Crippen molar-refractivity contribution in [2.24, 2.45) is 0 Å². The minimum absolute atomic E-state index is 0.0394. The molecule has 1 fully saturated rings. The van der Waals surface area contributed by atoms with Gasteiger partial charge in [0.05, 0.1) is 11.0 Å². The quantitative estimate of drug-likeness (QED) is 0.661. The smallest absolute Gasteiger partial charge is 0.299 e. The molecule has 0 aliphatic heterocycles. The van der Waals surface area contributed by atoms with Crippen LogP contribution in [0.15, 0.2) is 42.5 Å². The van der Waals surface area contributed by atoms with Gasteiger partial charge in [0.2, 0.25) is 0 Å². The van der Waals surface area contributed by atoms with Gasteiger partial charge in [0.25, 0.3) is 0 Å². The fourth-order valence-electron chi connectivity index (χ4n) is 4.25. The Morgan fingerprint density at radius 3 is 2.57 bits per heavy atom. The molecule has 1 nitrogen and oxygen atoms in total. The van der Waals surface area contributed by atoms with Crippen LogP contribution in [0.3, 0.4) is 0 Å². The molecular weight excluding hydrogens is 301 g/mol. The minimum Gasteiger partial charge on any atom is -0.299 e. The van der Waals surface area contributed by atoms with E-state index in [9.17, 15) is 18.0 Å². The Labute approximate surface area is 132 Å². The highest BCUT2D eigenvalue weighted by molar-refractivity contribution is 5.98. The maximum atomic E-state index is 13.1. The summed E-state index contributed by atoms with van der Waals surface area (Å²) in [6, 6.07) is 11.6. The molecule has 2 aliphatic carbocycles. The van der Waals surface area contributed by atoms with E-state index in [4.69, 9.17) is 0 Å². The van der Waals surface area contributed by atoms with Gasteiger partial charge in [-0.3, -0.25) is 4.79 Å². The van der Waals surface area contributed by atoms with Crippen LogP contribution >= 0.6 is 0 Å². The predicted octanol–water partition coefficient (Wildman–Crippen LogP) is 5.09. The average Bonchev–Trinajstić information content (AvgIpc) is 2.83. The van der Waals surface area contributed by atoms with Crippen LogP contribution in [-0.2, 0) is 16.4 Å². The van der Waals surface area contributed by atoms with Gasteiger partial charge in [-0.2, -0.15) is 13.2 Å². The molecule has 0 heterocycles. The zero-order chi connectivity index (χ0) is 16.4. The van der Waals surface area contributed by atoms with E-state index < -0.39 is 17.2 Å². The van der Waals surface area contributed by atoms with E-state index in [1.54, 1.807) is 0 Å². The molecule has 0 aromatic heterocycles. The first kappa shape index (κ1) is 14.5. The number of hydrogen-bond acceptors (Lipinski definition) is 1. The average molecular weight is 316 g/mol. The summed E-state index contributed by atoms with van der Waals surface area (Å²) in [6.07, 6.45) is -3.28. The summed E-state index contributed by atoms with van der Waals surface area (Å²) in [5.74, 6) is -0.000221. The number of alkyl halides is 3. The second-order valence-electron chi connectivity index (χ2n) is 6.56. The van der Waals surface area contributed by atoms with Crippen molar-refractivity contribution in [2.45, 2.75) is 37.3 Å². The Kier molecular flexibility index (Phi) is 2.81. The van der Waals surface area contributed by atoms with Gasteiger partial charge >= 0.3 is 6.18 Å². The third-order valence-electron chi connectivity index (χ3n) is 5.47. The first-order valence-electron chi connectivity index (χ1n) is 7.68. The van der Waals surface area contributed by atoms with Crippen LogP contribution in [0.1, 0.15) is 42.4 Å². The molecular formula is C19H15F3O. The Morgan fingerprint density at radius 2 is 1.83 bits per heavy atom. The number of carbonyl (C=O) groups excluding carboxylic acids is 1. The molecule has 4 heteroatoms. The lowest BCUT2D eigenvalue weighted by atomic mass is 9.63. The molecule has 1 saturated carbocycles. The number of rotatable bonds is 0. The molecule has 0 bridgehead atoms. The largest absolute Gasteiger partial charge is 0.416 e. The Bertz CT molecular complexity index is 822. The topological polar surface area (TPSA) is 17.1 Å². The highest BCUT2D eigenvalue weighted by Gasteiger charge is 2.52. The number of carbonyl (C=O) groups is 1. The normalized spacial score (nSPS) is 25.7. The molecule has 0 radical (unpaired) electrons. The van der Waals surface area contributed by atoms with Gasteiger partial charge in [0.1, 0.15) is 5.78 Å². The molecule has 0 amide bonds. The van der Waals surface area contributed by atoms with E-state index in [-0.39, 0.29) is 11.7 Å². The lowest BCUT2D eigenvalue weighted by Crippen LogP contribution is -2.36. The monoisotopic (exact) mass is 316 g/mol. The molecule has 2 aromatic carbocycles. The number of benzene rings is 2. The third kappa shape index (κ3) is 1.84. The van der Waals surface area contributed by atoms with Crippen LogP contribution in [-0.4, -0.2) is 5.78 Å². The van der Waals surface area contributed by atoms with Crippen molar-refractivity contribution in [1.82, 2.24) is 0 Å². The van der Waals surface area contributed by atoms with E-state index in [0.717, 1.165) is 22.8 Å². The Morgan fingerprint density at radius 1 is 1.09 bits per heavy atom. The second-order valence-corrected chi connectivity index (χ2v) is 6.56. The number of hydrogen-bond donors (Lipinski definition) is 0. The van der Waals surface area contributed by atoms with E-state index in [1.807, 2.05) is 31.2 Å². The molecule has 0 unspecified atom stereocenters. The minimum atomic E-state index is -4.40. The van der Waals surface area contributed by atoms with E-state index in [0.29, 0.717) is 18.4 Å². The molecule has 23 heavy (non-hydrogen) atoms. The van der Waals surface area contributed by atoms with Crippen LogP contribution in [0.5, 0.6) is 0 Å². The summed E-state index contributed by atoms with van der Waals surface area (Å²) in [5.41, 5.74) is 1.77. The zero-order valence-corrected chi connectivity index (χ0v) is 12.6. The van der Waals surface area contributed by atoms with Crippen molar-refractivity contribution in [3.8, 4) is 11.1 Å². The van der Waals surface area contributed by atoms with Crippen molar-refractivity contribution in [1.29, 1.82) is 0 Å². The maximum absolute atomic E-state index is 13.1. The van der Waals surface area contributed by atoms with Crippen LogP contribution < -0.4 is 0 Å². The number of ketones is 1. The van der Waals surface area contributed by atoms with E-state index in [2.05, 4.69) is 0 Å². The van der Waals surface area contributed by atoms with Crippen LogP contribution in [0.4, 0.5) is 13.2 Å². The fourth-order valence-corrected chi connectivity index (χ4v) is 4.25. The lowest BCUT2D eigenvalue weighted by Gasteiger charge is -2.39. The summed E-state index contributed by atoms with van der Waals surface area (Å²) >= 11 is 0. The fraction of sp³-hybridized carbons (Fsp3) is 0.316. The van der Waals surface area contributed by atoms with Crippen molar-refractivity contribution in [3.05, 3.63) is 59.2 Å². The van der Waals surface area contributed by atoms with E-state index >= 15 is 0 Å². The Hall–Kier alpha value is -2.10. The summed E-state index contributed by atoms with van der Waals surface area (Å²) in [4.78, 5) is 12.6.